The lowest BCUT2D eigenvalue weighted by molar-refractivity contribution is 0.0000737. The molecule has 28 heavy (non-hydrogen) atoms. The van der Waals surface area contributed by atoms with E-state index in [0.29, 0.717) is 11.4 Å². The number of benzene rings is 2. The second-order valence-electron chi connectivity index (χ2n) is 7.56. The third-order valence-corrected chi connectivity index (χ3v) is 7.40. The second kappa shape index (κ2) is 7.58. The van der Waals surface area contributed by atoms with Crippen molar-refractivity contribution in [3.05, 3.63) is 53.1 Å². The standard InChI is InChI=1S/C21H24ClNO4S/c1-26-19-10-9-15(22)13-20(19)28(24,25)23-17-14-21(11-5-2-6-12-21)27-18-8-4-3-7-16(17)18/h3-4,7-10,13,17,23H,2,5-6,11-12,14H2,1H3/t17-/m1/s1. The van der Waals surface area contributed by atoms with Crippen molar-refractivity contribution in [1.82, 2.24) is 4.72 Å². The molecule has 0 bridgehead atoms. The van der Waals surface area contributed by atoms with E-state index in [9.17, 15) is 8.42 Å². The van der Waals surface area contributed by atoms with E-state index in [1.807, 2.05) is 24.3 Å². The number of methoxy groups -OCH3 is 1. The fourth-order valence-corrected chi connectivity index (χ4v) is 5.98. The lowest BCUT2D eigenvalue weighted by atomic mass is 9.77. The number of rotatable bonds is 4. The van der Waals surface area contributed by atoms with Gasteiger partial charge in [-0.15, -0.1) is 0 Å². The fourth-order valence-electron chi connectivity index (χ4n) is 4.34. The molecular formula is C21H24ClNO4S. The van der Waals surface area contributed by atoms with E-state index in [1.54, 1.807) is 12.1 Å². The van der Waals surface area contributed by atoms with Gasteiger partial charge in [0.2, 0.25) is 10.0 Å². The summed E-state index contributed by atoms with van der Waals surface area (Å²) in [5, 5.41) is 0.345. The van der Waals surface area contributed by atoms with Gasteiger partial charge in [-0.1, -0.05) is 36.2 Å². The number of hydrogen-bond acceptors (Lipinski definition) is 4. The van der Waals surface area contributed by atoms with Crippen LogP contribution in [-0.2, 0) is 10.0 Å². The van der Waals surface area contributed by atoms with Crippen molar-refractivity contribution in [1.29, 1.82) is 0 Å². The van der Waals surface area contributed by atoms with E-state index >= 15 is 0 Å². The monoisotopic (exact) mass is 421 g/mol. The van der Waals surface area contributed by atoms with Crippen LogP contribution < -0.4 is 14.2 Å². The number of ether oxygens (including phenoxy) is 2. The maximum atomic E-state index is 13.2. The van der Waals surface area contributed by atoms with Gasteiger partial charge < -0.3 is 9.47 Å². The normalized spacial score (nSPS) is 21.0. The highest BCUT2D eigenvalue weighted by Gasteiger charge is 2.43. The molecule has 2 aromatic carbocycles. The molecule has 1 spiro atoms. The third-order valence-electron chi connectivity index (χ3n) is 5.67. The van der Waals surface area contributed by atoms with Crippen LogP contribution in [0.5, 0.6) is 11.5 Å². The summed E-state index contributed by atoms with van der Waals surface area (Å²) in [5.41, 5.74) is 0.557. The van der Waals surface area contributed by atoms with Gasteiger partial charge in [0.25, 0.3) is 0 Å². The van der Waals surface area contributed by atoms with E-state index in [0.717, 1.165) is 37.0 Å². The van der Waals surface area contributed by atoms with E-state index in [4.69, 9.17) is 21.1 Å². The van der Waals surface area contributed by atoms with Crippen molar-refractivity contribution in [2.75, 3.05) is 7.11 Å². The van der Waals surface area contributed by atoms with Crippen molar-refractivity contribution in [2.45, 2.75) is 55.1 Å². The number of hydrogen-bond donors (Lipinski definition) is 1. The predicted molar refractivity (Wildman–Crippen MR) is 109 cm³/mol. The van der Waals surface area contributed by atoms with Crippen LogP contribution in [0.15, 0.2) is 47.4 Å². The minimum Gasteiger partial charge on any atom is -0.495 e. The van der Waals surface area contributed by atoms with Crippen molar-refractivity contribution in [3.8, 4) is 11.5 Å². The van der Waals surface area contributed by atoms with E-state index in [2.05, 4.69) is 4.72 Å². The average Bonchev–Trinajstić information content (AvgIpc) is 2.68. The van der Waals surface area contributed by atoms with Crippen LogP contribution in [-0.4, -0.2) is 21.1 Å². The Kier molecular flexibility index (Phi) is 5.29. The van der Waals surface area contributed by atoms with Gasteiger partial charge in [-0.25, -0.2) is 13.1 Å². The first-order valence-electron chi connectivity index (χ1n) is 9.56. The minimum atomic E-state index is -3.84. The highest BCUT2D eigenvalue weighted by Crippen LogP contribution is 2.46. The number of fused-ring (bicyclic) bond motifs is 1. The smallest absolute Gasteiger partial charge is 0.244 e. The predicted octanol–water partition coefficient (Wildman–Crippen LogP) is 4.85. The van der Waals surface area contributed by atoms with Gasteiger partial charge in [0.1, 0.15) is 22.0 Å². The van der Waals surface area contributed by atoms with Gasteiger partial charge >= 0.3 is 0 Å². The summed E-state index contributed by atoms with van der Waals surface area (Å²) in [4.78, 5) is 0.0455. The summed E-state index contributed by atoms with van der Waals surface area (Å²) in [5.74, 6) is 1.03. The average molecular weight is 422 g/mol. The van der Waals surface area contributed by atoms with Gasteiger partial charge in [0.15, 0.2) is 0 Å². The van der Waals surface area contributed by atoms with Gasteiger partial charge in [-0.05, 0) is 49.9 Å². The molecule has 2 aliphatic rings. The van der Waals surface area contributed by atoms with E-state index < -0.39 is 10.0 Å². The highest BCUT2D eigenvalue weighted by atomic mass is 35.5. The quantitative estimate of drug-likeness (QED) is 0.766. The number of para-hydroxylation sites is 1. The Balaban J connectivity index is 1.71. The van der Waals surface area contributed by atoms with Crippen LogP contribution in [0.4, 0.5) is 0 Å². The van der Waals surface area contributed by atoms with Crippen LogP contribution in [0.1, 0.15) is 50.1 Å². The van der Waals surface area contributed by atoms with Crippen LogP contribution >= 0.6 is 11.6 Å². The summed E-state index contributed by atoms with van der Waals surface area (Å²) in [6.07, 6.45) is 5.91. The first kappa shape index (κ1) is 19.6. The summed E-state index contributed by atoms with van der Waals surface area (Å²) in [6.45, 7) is 0. The third kappa shape index (κ3) is 3.73. The summed E-state index contributed by atoms with van der Waals surface area (Å²) in [6, 6.07) is 11.9. The Labute approximate surface area is 171 Å². The first-order chi connectivity index (χ1) is 13.4. The Morgan fingerprint density at radius 3 is 2.64 bits per heavy atom. The molecule has 4 rings (SSSR count). The molecule has 1 heterocycles. The van der Waals surface area contributed by atoms with Crippen molar-refractivity contribution < 1.29 is 17.9 Å². The summed E-state index contributed by atoms with van der Waals surface area (Å²) >= 11 is 6.05. The molecule has 1 aliphatic carbocycles. The molecule has 1 saturated carbocycles. The van der Waals surface area contributed by atoms with E-state index in [1.165, 1.54) is 19.6 Å². The Hall–Kier alpha value is -1.76. The zero-order valence-corrected chi connectivity index (χ0v) is 17.4. The Bertz CT molecular complexity index is 970. The fraction of sp³-hybridized carbons (Fsp3) is 0.429. The SMILES string of the molecule is COc1ccc(Cl)cc1S(=O)(=O)N[C@@H]1CC2(CCCCC2)Oc2ccccc21. The number of nitrogens with one attached hydrogen (secondary N) is 1. The molecule has 1 N–H and O–H groups in total. The molecule has 0 unspecified atom stereocenters. The van der Waals surface area contributed by atoms with Crippen LogP contribution in [0.3, 0.4) is 0 Å². The topological polar surface area (TPSA) is 64.6 Å². The molecule has 150 valence electrons. The Morgan fingerprint density at radius 1 is 1.14 bits per heavy atom. The lowest BCUT2D eigenvalue weighted by Gasteiger charge is -2.44. The number of halogens is 1. The molecule has 0 saturated heterocycles. The zero-order chi connectivity index (χ0) is 19.8. The number of sulfonamides is 1. The second-order valence-corrected chi connectivity index (χ2v) is 9.68. The van der Waals surface area contributed by atoms with Crippen LogP contribution in [0.25, 0.3) is 0 Å². The molecule has 0 aromatic heterocycles. The van der Waals surface area contributed by atoms with Crippen molar-refractivity contribution >= 4 is 21.6 Å². The van der Waals surface area contributed by atoms with Crippen LogP contribution in [0.2, 0.25) is 5.02 Å². The molecule has 2 aromatic rings. The lowest BCUT2D eigenvalue weighted by Crippen LogP contribution is -2.46. The largest absolute Gasteiger partial charge is 0.495 e. The maximum Gasteiger partial charge on any atom is 0.244 e. The summed E-state index contributed by atoms with van der Waals surface area (Å²) < 4.78 is 41.0. The van der Waals surface area contributed by atoms with Gasteiger partial charge in [-0.3, -0.25) is 0 Å². The molecule has 1 atom stereocenters. The highest BCUT2D eigenvalue weighted by molar-refractivity contribution is 7.89. The van der Waals surface area contributed by atoms with E-state index in [-0.39, 0.29) is 22.3 Å². The zero-order valence-electron chi connectivity index (χ0n) is 15.8. The molecule has 0 radical (unpaired) electrons. The molecule has 1 aliphatic heterocycles. The Morgan fingerprint density at radius 2 is 1.89 bits per heavy atom. The van der Waals surface area contributed by atoms with Crippen molar-refractivity contribution in [2.24, 2.45) is 0 Å². The van der Waals surface area contributed by atoms with Gasteiger partial charge in [0, 0.05) is 17.0 Å². The summed E-state index contributed by atoms with van der Waals surface area (Å²) in [7, 11) is -2.39. The van der Waals surface area contributed by atoms with Gasteiger partial charge in [-0.2, -0.15) is 0 Å². The molecule has 1 fully saturated rings. The molecular weight excluding hydrogens is 398 g/mol. The van der Waals surface area contributed by atoms with Gasteiger partial charge in [0.05, 0.1) is 13.2 Å². The molecule has 7 heteroatoms. The minimum absolute atomic E-state index is 0.0455. The maximum absolute atomic E-state index is 13.2. The van der Waals surface area contributed by atoms with Crippen molar-refractivity contribution in [3.63, 3.8) is 0 Å². The van der Waals surface area contributed by atoms with Crippen LogP contribution in [0, 0.1) is 0 Å². The molecule has 0 amide bonds. The first-order valence-corrected chi connectivity index (χ1v) is 11.4. The molecule has 5 nitrogen and oxygen atoms in total.